The van der Waals surface area contributed by atoms with Crippen LogP contribution >= 0.6 is 0 Å². The molecule has 0 saturated carbocycles. The molecule has 0 aliphatic carbocycles. The van der Waals surface area contributed by atoms with Crippen molar-refractivity contribution in [2.24, 2.45) is 0 Å². The minimum atomic E-state index is -0.415. The van der Waals surface area contributed by atoms with Gasteiger partial charge in [-0.25, -0.2) is 4.79 Å². The van der Waals surface area contributed by atoms with Crippen molar-refractivity contribution >= 4 is 16.9 Å². The molecule has 1 unspecified atom stereocenters. The monoisotopic (exact) mass is 415 g/mol. The number of aromatic nitrogens is 1. The molecule has 0 bridgehead atoms. The smallest absolute Gasteiger partial charge is 0.338 e. The minimum absolute atomic E-state index is 0. The van der Waals surface area contributed by atoms with E-state index in [4.69, 9.17) is 9.47 Å². The van der Waals surface area contributed by atoms with Crippen molar-refractivity contribution in [2.75, 3.05) is 13.2 Å². The normalized spacial score (nSPS) is 12.3. The largest absolute Gasteiger partial charge is 1.00 e. The number of carbonyl (C=O) groups excluding carboxylic acids is 1. The second kappa shape index (κ2) is 9.81. The maximum atomic E-state index is 12.5. The molecule has 0 amide bonds. The van der Waals surface area contributed by atoms with Gasteiger partial charge in [-0.15, -0.1) is 0 Å². The fourth-order valence-electron chi connectivity index (χ4n) is 2.97. The molecule has 1 heterocycles. The van der Waals surface area contributed by atoms with Gasteiger partial charge in [0.1, 0.15) is 18.5 Å². The van der Waals surface area contributed by atoms with Gasteiger partial charge >= 0.3 is 5.97 Å². The summed E-state index contributed by atoms with van der Waals surface area (Å²) >= 11 is 0. The van der Waals surface area contributed by atoms with Crippen LogP contribution in [0.15, 0.2) is 54.7 Å². The van der Waals surface area contributed by atoms with Gasteiger partial charge in [-0.3, -0.25) is 0 Å². The molecular weight excluding hydrogens is 388 g/mol. The molecule has 0 aliphatic rings. The average Bonchev–Trinajstić information content (AvgIpc) is 3.05. The van der Waals surface area contributed by atoms with E-state index in [1.165, 1.54) is 0 Å². The van der Waals surface area contributed by atoms with Crippen LogP contribution in [0.25, 0.3) is 10.9 Å². The Bertz CT molecular complexity index is 932. The first-order valence-electron chi connectivity index (χ1n) is 9.54. The van der Waals surface area contributed by atoms with Crippen LogP contribution in [0.5, 0.6) is 5.75 Å². The maximum Gasteiger partial charge on any atom is 0.338 e. The Morgan fingerprint density at radius 3 is 2.52 bits per heavy atom. The van der Waals surface area contributed by atoms with E-state index in [2.05, 4.69) is 31.1 Å². The van der Waals surface area contributed by atoms with Gasteiger partial charge in [-0.05, 0) is 57.5 Å². The molecule has 0 radical (unpaired) electrons. The number of nitrogens with one attached hydrogen (secondary N) is 2. The van der Waals surface area contributed by atoms with Crippen LogP contribution in [-0.4, -0.2) is 35.7 Å². The molecule has 1 atom stereocenters. The Morgan fingerprint density at radius 2 is 1.83 bits per heavy atom. The van der Waals surface area contributed by atoms with Crippen molar-refractivity contribution in [3.63, 3.8) is 0 Å². The van der Waals surface area contributed by atoms with Crippen LogP contribution in [0, 0.1) is 6.92 Å². The zero-order valence-electron chi connectivity index (χ0n) is 17.3. The standard InChI is InChI=1S/C23H28N2O3.ClH/c1-16-13-24-19-11-8-12-20(21(16)19)27-15-18(14-25-23(2,3)4)28-22(26)17-9-6-5-7-10-17;/h5-13,18,24-25H,14-15H2,1-4H3;1H/p-1. The average molecular weight is 416 g/mol. The third-order valence-electron chi connectivity index (χ3n) is 4.43. The Labute approximate surface area is 178 Å². The topological polar surface area (TPSA) is 63.4 Å². The van der Waals surface area contributed by atoms with E-state index in [9.17, 15) is 4.79 Å². The number of halogens is 1. The summed E-state index contributed by atoms with van der Waals surface area (Å²) in [6.45, 7) is 9.05. The SMILES string of the molecule is Cc1c[nH]c2cccc(OCC(CNC(C)(C)C)OC(=O)c3ccccc3)c12.[Cl-]. The summed E-state index contributed by atoms with van der Waals surface area (Å²) in [6.07, 6.45) is 1.55. The summed E-state index contributed by atoms with van der Waals surface area (Å²) in [6, 6.07) is 14.9. The highest BCUT2D eigenvalue weighted by atomic mass is 35.5. The van der Waals surface area contributed by atoms with Gasteiger partial charge in [-0.1, -0.05) is 24.3 Å². The van der Waals surface area contributed by atoms with Gasteiger partial charge < -0.3 is 32.2 Å². The quantitative estimate of drug-likeness (QED) is 0.574. The Balaban J connectivity index is 0.00000300. The van der Waals surface area contributed by atoms with Crippen LogP contribution in [0.3, 0.4) is 0 Å². The van der Waals surface area contributed by atoms with Gasteiger partial charge in [0.15, 0.2) is 0 Å². The van der Waals surface area contributed by atoms with E-state index in [0.717, 1.165) is 22.2 Å². The second-order valence-corrected chi connectivity index (χ2v) is 7.99. The van der Waals surface area contributed by atoms with E-state index in [1.54, 1.807) is 12.1 Å². The summed E-state index contributed by atoms with van der Waals surface area (Å²) in [5, 5.41) is 4.45. The van der Waals surface area contributed by atoms with Crippen molar-refractivity contribution in [2.45, 2.75) is 39.3 Å². The number of H-pyrrole nitrogens is 1. The molecule has 2 N–H and O–H groups in total. The second-order valence-electron chi connectivity index (χ2n) is 7.99. The van der Waals surface area contributed by atoms with Gasteiger partial charge in [0.25, 0.3) is 0 Å². The molecule has 29 heavy (non-hydrogen) atoms. The van der Waals surface area contributed by atoms with E-state index in [0.29, 0.717) is 12.1 Å². The Kier molecular flexibility index (Phi) is 7.71. The van der Waals surface area contributed by atoms with Gasteiger partial charge in [0.05, 0.1) is 5.56 Å². The third-order valence-corrected chi connectivity index (χ3v) is 4.43. The molecule has 2 aromatic carbocycles. The van der Waals surface area contributed by atoms with Crippen LogP contribution in [0.1, 0.15) is 36.7 Å². The first kappa shape index (κ1) is 22.8. The first-order valence-corrected chi connectivity index (χ1v) is 9.54. The summed E-state index contributed by atoms with van der Waals surface area (Å²) in [4.78, 5) is 15.7. The number of aryl methyl sites for hydroxylation is 1. The van der Waals surface area contributed by atoms with Crippen LogP contribution < -0.4 is 22.5 Å². The van der Waals surface area contributed by atoms with Crippen molar-refractivity contribution in [1.82, 2.24) is 10.3 Å². The van der Waals surface area contributed by atoms with Gasteiger partial charge in [0, 0.05) is 29.2 Å². The fraction of sp³-hybridized carbons (Fsp3) is 0.348. The molecule has 156 valence electrons. The third kappa shape index (κ3) is 6.24. The maximum absolute atomic E-state index is 12.5. The number of esters is 1. The van der Waals surface area contributed by atoms with Crippen molar-refractivity contribution < 1.29 is 26.7 Å². The number of benzene rings is 2. The molecule has 0 aliphatic heterocycles. The molecule has 3 rings (SSSR count). The molecular formula is C23H28ClN2O3-. The Hall–Kier alpha value is -2.50. The number of fused-ring (bicyclic) bond motifs is 1. The molecule has 1 aromatic heterocycles. The van der Waals surface area contributed by atoms with E-state index in [1.807, 2.05) is 49.5 Å². The minimum Gasteiger partial charge on any atom is -1.00 e. The predicted octanol–water partition coefficient (Wildman–Crippen LogP) is 1.47. The predicted molar refractivity (Wildman–Crippen MR) is 112 cm³/mol. The number of aromatic amines is 1. The number of hydrogen-bond donors (Lipinski definition) is 2. The van der Waals surface area contributed by atoms with Crippen LogP contribution in [0.4, 0.5) is 0 Å². The summed E-state index contributed by atoms with van der Waals surface area (Å²) in [7, 11) is 0. The van der Waals surface area contributed by atoms with Crippen molar-refractivity contribution in [1.29, 1.82) is 0 Å². The highest BCUT2D eigenvalue weighted by molar-refractivity contribution is 5.90. The summed E-state index contributed by atoms with van der Waals surface area (Å²) < 4.78 is 11.8. The number of ether oxygens (including phenoxy) is 2. The lowest BCUT2D eigenvalue weighted by Gasteiger charge is -2.25. The molecule has 0 spiro atoms. The summed E-state index contributed by atoms with van der Waals surface area (Å²) in [5.74, 6) is 0.439. The van der Waals surface area contributed by atoms with E-state index in [-0.39, 0.29) is 30.5 Å². The fourth-order valence-corrected chi connectivity index (χ4v) is 2.97. The van der Waals surface area contributed by atoms with E-state index >= 15 is 0 Å². The lowest BCUT2D eigenvalue weighted by Crippen LogP contribution is -3.00. The highest BCUT2D eigenvalue weighted by Gasteiger charge is 2.20. The van der Waals surface area contributed by atoms with Crippen molar-refractivity contribution in [3.8, 4) is 5.75 Å². The van der Waals surface area contributed by atoms with Crippen LogP contribution in [-0.2, 0) is 4.74 Å². The zero-order valence-corrected chi connectivity index (χ0v) is 18.0. The van der Waals surface area contributed by atoms with Gasteiger partial charge in [0.2, 0.25) is 0 Å². The summed E-state index contributed by atoms with van der Waals surface area (Å²) in [5.41, 5.74) is 2.60. The lowest BCUT2D eigenvalue weighted by molar-refractivity contribution is -0.0000454. The number of carbonyl (C=O) groups is 1. The van der Waals surface area contributed by atoms with Crippen LogP contribution in [0.2, 0.25) is 0 Å². The zero-order chi connectivity index (χ0) is 20.1. The number of rotatable bonds is 7. The lowest BCUT2D eigenvalue weighted by atomic mass is 10.1. The Morgan fingerprint density at radius 1 is 1.10 bits per heavy atom. The first-order chi connectivity index (χ1) is 13.3. The molecule has 3 aromatic rings. The molecule has 0 saturated heterocycles. The molecule has 0 fully saturated rings. The number of hydrogen-bond acceptors (Lipinski definition) is 4. The highest BCUT2D eigenvalue weighted by Crippen LogP contribution is 2.28. The molecule has 5 nitrogen and oxygen atoms in total. The van der Waals surface area contributed by atoms with E-state index < -0.39 is 6.10 Å². The van der Waals surface area contributed by atoms with Crippen molar-refractivity contribution in [3.05, 3.63) is 65.9 Å². The van der Waals surface area contributed by atoms with Gasteiger partial charge in [-0.2, -0.15) is 0 Å². The molecule has 6 heteroatoms.